The Morgan fingerprint density at radius 2 is 2.05 bits per heavy atom. The molecule has 4 heteroatoms. The molecule has 104 valence electrons. The zero-order chi connectivity index (χ0) is 14.3. The van der Waals surface area contributed by atoms with Gasteiger partial charge >= 0.3 is 0 Å². The Morgan fingerprint density at radius 1 is 1.25 bits per heavy atom. The number of halogens is 2. The topological polar surface area (TPSA) is 29.5 Å². The molecule has 1 atom stereocenters. The van der Waals surface area contributed by atoms with Gasteiger partial charge in [0, 0.05) is 16.5 Å². The van der Waals surface area contributed by atoms with Crippen LogP contribution in [0.15, 0.2) is 34.8 Å². The van der Waals surface area contributed by atoms with Crippen molar-refractivity contribution in [1.82, 2.24) is 0 Å². The quantitative estimate of drug-likeness (QED) is 0.900. The van der Waals surface area contributed by atoms with Gasteiger partial charge in [-0.2, -0.15) is 0 Å². The van der Waals surface area contributed by atoms with Crippen molar-refractivity contribution in [3.63, 3.8) is 0 Å². The van der Waals surface area contributed by atoms with E-state index >= 15 is 0 Å². The lowest BCUT2D eigenvalue weighted by molar-refractivity contribution is 0.213. The van der Waals surface area contributed by atoms with Crippen molar-refractivity contribution in [1.29, 1.82) is 0 Å². The molecule has 2 aromatic carbocycles. The summed E-state index contributed by atoms with van der Waals surface area (Å²) in [5, 5.41) is 10.6. The molecule has 0 aromatic heterocycles. The minimum absolute atomic E-state index is 0.341. The highest BCUT2D eigenvalue weighted by Crippen LogP contribution is 2.38. The van der Waals surface area contributed by atoms with Crippen molar-refractivity contribution < 1.29 is 14.2 Å². The van der Waals surface area contributed by atoms with Gasteiger partial charge in [0.1, 0.15) is 17.7 Å². The predicted octanol–water partition coefficient (Wildman–Crippen LogP) is 3.91. The fraction of sp³-hybridized carbons (Fsp3) is 0.250. The zero-order valence-corrected chi connectivity index (χ0v) is 12.6. The maximum Gasteiger partial charge on any atom is 0.128 e. The Labute approximate surface area is 125 Å². The van der Waals surface area contributed by atoms with Crippen LogP contribution < -0.4 is 4.74 Å². The number of aryl methyl sites for hydroxylation is 1. The molecule has 1 aliphatic rings. The summed E-state index contributed by atoms with van der Waals surface area (Å²) in [6, 6.07) is 8.42. The van der Waals surface area contributed by atoms with Crippen LogP contribution in [-0.2, 0) is 6.42 Å². The highest BCUT2D eigenvalue weighted by atomic mass is 79.9. The summed E-state index contributed by atoms with van der Waals surface area (Å²) in [5.74, 6) is 0.384. The van der Waals surface area contributed by atoms with Crippen LogP contribution >= 0.6 is 15.9 Å². The number of aliphatic hydroxyl groups excluding tert-OH is 1. The van der Waals surface area contributed by atoms with E-state index in [-0.39, 0.29) is 5.82 Å². The third kappa shape index (κ3) is 2.45. The van der Waals surface area contributed by atoms with Crippen molar-refractivity contribution in [2.24, 2.45) is 0 Å². The third-order valence-electron chi connectivity index (χ3n) is 3.45. The number of ether oxygens (including phenoxy) is 1. The first-order valence-corrected chi connectivity index (χ1v) is 7.24. The number of hydrogen-bond acceptors (Lipinski definition) is 2. The van der Waals surface area contributed by atoms with Crippen molar-refractivity contribution in [2.75, 3.05) is 6.61 Å². The van der Waals surface area contributed by atoms with Gasteiger partial charge in [0.05, 0.1) is 6.61 Å². The maximum absolute atomic E-state index is 13.5. The van der Waals surface area contributed by atoms with Gasteiger partial charge in [-0.05, 0) is 47.9 Å². The lowest BCUT2D eigenvalue weighted by Crippen LogP contribution is -2.03. The lowest BCUT2D eigenvalue weighted by atomic mass is 9.97. The van der Waals surface area contributed by atoms with Gasteiger partial charge in [-0.1, -0.05) is 22.0 Å². The largest absolute Gasteiger partial charge is 0.493 e. The van der Waals surface area contributed by atoms with Gasteiger partial charge in [0.25, 0.3) is 0 Å². The Bertz CT molecular complexity index is 650. The Morgan fingerprint density at radius 3 is 2.80 bits per heavy atom. The molecule has 0 radical (unpaired) electrons. The van der Waals surface area contributed by atoms with Crippen molar-refractivity contribution >= 4 is 15.9 Å². The van der Waals surface area contributed by atoms with Crippen LogP contribution in [0.25, 0.3) is 0 Å². The highest BCUT2D eigenvalue weighted by molar-refractivity contribution is 9.10. The van der Waals surface area contributed by atoms with Crippen LogP contribution in [-0.4, -0.2) is 11.7 Å². The molecule has 2 nitrogen and oxygen atoms in total. The average molecular weight is 337 g/mol. The van der Waals surface area contributed by atoms with Gasteiger partial charge < -0.3 is 9.84 Å². The molecule has 0 spiro atoms. The van der Waals surface area contributed by atoms with Gasteiger partial charge in [0.15, 0.2) is 0 Å². The molecule has 0 saturated carbocycles. The van der Waals surface area contributed by atoms with Crippen LogP contribution in [0.2, 0.25) is 0 Å². The van der Waals surface area contributed by atoms with E-state index in [1.54, 1.807) is 13.0 Å². The molecule has 2 aromatic rings. The van der Waals surface area contributed by atoms with E-state index in [4.69, 9.17) is 4.74 Å². The monoisotopic (exact) mass is 336 g/mol. The van der Waals surface area contributed by atoms with Gasteiger partial charge in [-0.3, -0.25) is 0 Å². The molecular formula is C16H14BrFO2. The molecule has 0 fully saturated rings. The molecule has 0 aliphatic carbocycles. The van der Waals surface area contributed by atoms with E-state index in [1.807, 2.05) is 12.1 Å². The molecule has 20 heavy (non-hydrogen) atoms. The van der Waals surface area contributed by atoms with E-state index < -0.39 is 6.10 Å². The fourth-order valence-corrected chi connectivity index (χ4v) is 3.13. The SMILES string of the molecule is Cc1cc(F)cc(C(O)c2cc(Br)cc3c2OCC3)c1. The van der Waals surface area contributed by atoms with Gasteiger partial charge in [0.2, 0.25) is 0 Å². The molecule has 0 bridgehead atoms. The van der Waals surface area contributed by atoms with E-state index in [1.165, 1.54) is 12.1 Å². The summed E-state index contributed by atoms with van der Waals surface area (Å²) in [5.41, 5.74) is 3.07. The molecule has 1 heterocycles. The molecule has 1 N–H and O–H groups in total. The van der Waals surface area contributed by atoms with E-state index in [0.717, 1.165) is 27.8 Å². The Balaban J connectivity index is 2.08. The normalized spacial score (nSPS) is 14.8. The average Bonchev–Trinajstić information content (AvgIpc) is 2.83. The lowest BCUT2D eigenvalue weighted by Gasteiger charge is -2.16. The molecule has 0 saturated heterocycles. The van der Waals surface area contributed by atoms with E-state index in [2.05, 4.69) is 15.9 Å². The van der Waals surface area contributed by atoms with Gasteiger partial charge in [-0.15, -0.1) is 0 Å². The number of hydrogen-bond donors (Lipinski definition) is 1. The van der Waals surface area contributed by atoms with E-state index in [9.17, 15) is 9.50 Å². The van der Waals surface area contributed by atoms with E-state index in [0.29, 0.717) is 17.7 Å². The number of rotatable bonds is 2. The summed E-state index contributed by atoms with van der Waals surface area (Å²) < 4.78 is 20.0. The minimum Gasteiger partial charge on any atom is -0.493 e. The summed E-state index contributed by atoms with van der Waals surface area (Å²) in [4.78, 5) is 0. The molecular weight excluding hydrogens is 323 g/mol. The summed E-state index contributed by atoms with van der Waals surface area (Å²) in [7, 11) is 0. The number of fused-ring (bicyclic) bond motifs is 1. The van der Waals surface area contributed by atoms with Crippen molar-refractivity contribution in [2.45, 2.75) is 19.4 Å². The number of benzene rings is 2. The molecule has 1 unspecified atom stereocenters. The first-order chi connectivity index (χ1) is 9.54. The summed E-state index contributed by atoms with van der Waals surface area (Å²) in [6.45, 7) is 2.43. The fourth-order valence-electron chi connectivity index (χ4n) is 2.60. The van der Waals surface area contributed by atoms with Crippen molar-refractivity contribution in [3.05, 3.63) is 62.9 Å². The standard InChI is InChI=1S/C16H14BrFO2/c1-9-4-11(7-13(18)5-9)15(19)14-8-12(17)6-10-2-3-20-16(10)14/h4-8,15,19H,2-3H2,1H3. The molecule has 1 aliphatic heterocycles. The molecule has 3 rings (SSSR count). The van der Waals surface area contributed by atoms with Gasteiger partial charge in [-0.25, -0.2) is 4.39 Å². The van der Waals surface area contributed by atoms with Crippen LogP contribution in [0.1, 0.15) is 28.4 Å². The third-order valence-corrected chi connectivity index (χ3v) is 3.91. The Kier molecular flexibility index (Phi) is 3.52. The first kappa shape index (κ1) is 13.6. The van der Waals surface area contributed by atoms with Crippen LogP contribution in [0.3, 0.4) is 0 Å². The first-order valence-electron chi connectivity index (χ1n) is 6.45. The maximum atomic E-state index is 13.5. The van der Waals surface area contributed by atoms with Crippen LogP contribution in [0.5, 0.6) is 5.75 Å². The second kappa shape index (κ2) is 5.19. The predicted molar refractivity (Wildman–Crippen MR) is 78.5 cm³/mol. The summed E-state index contributed by atoms with van der Waals surface area (Å²) >= 11 is 3.44. The van der Waals surface area contributed by atoms with Crippen molar-refractivity contribution in [3.8, 4) is 5.75 Å². The minimum atomic E-state index is -0.895. The second-order valence-electron chi connectivity index (χ2n) is 5.05. The smallest absolute Gasteiger partial charge is 0.128 e. The second-order valence-corrected chi connectivity index (χ2v) is 5.96. The van der Waals surface area contributed by atoms with Crippen LogP contribution in [0, 0.1) is 12.7 Å². The molecule has 0 amide bonds. The van der Waals surface area contributed by atoms with Crippen LogP contribution in [0.4, 0.5) is 4.39 Å². The highest BCUT2D eigenvalue weighted by Gasteiger charge is 2.23. The summed E-state index contributed by atoms with van der Waals surface area (Å²) in [6.07, 6.45) is -0.0646. The zero-order valence-electron chi connectivity index (χ0n) is 11.0. The Hall–Kier alpha value is -1.39. The number of aliphatic hydroxyl groups is 1.